The van der Waals surface area contributed by atoms with Gasteiger partial charge >= 0.3 is 5.97 Å². The summed E-state index contributed by atoms with van der Waals surface area (Å²) in [7, 11) is -3.32. The number of aryl methyl sites for hydroxylation is 1. The topological polar surface area (TPSA) is 88.5 Å². The minimum absolute atomic E-state index is 0.0583. The highest BCUT2D eigenvalue weighted by molar-refractivity contribution is 7.91. The van der Waals surface area contributed by atoms with Crippen molar-refractivity contribution in [1.82, 2.24) is 0 Å². The molecule has 1 N–H and O–H groups in total. The van der Waals surface area contributed by atoms with Crippen LogP contribution >= 0.6 is 11.6 Å². The second kappa shape index (κ2) is 9.67. The van der Waals surface area contributed by atoms with Crippen molar-refractivity contribution in [3.8, 4) is 0 Å². The van der Waals surface area contributed by atoms with E-state index in [1.54, 1.807) is 24.3 Å². The van der Waals surface area contributed by atoms with Crippen molar-refractivity contribution in [2.24, 2.45) is 0 Å². The van der Waals surface area contributed by atoms with Crippen molar-refractivity contribution >= 4 is 33.7 Å². The summed E-state index contributed by atoms with van der Waals surface area (Å²) >= 11 is 5.78. The number of rotatable bonds is 10. The van der Waals surface area contributed by atoms with E-state index in [4.69, 9.17) is 16.7 Å². The third kappa shape index (κ3) is 6.19. The van der Waals surface area contributed by atoms with Crippen LogP contribution < -0.4 is 0 Å². The Morgan fingerprint density at radius 1 is 1.04 bits per heavy atom. The van der Waals surface area contributed by atoms with Crippen LogP contribution in [0.3, 0.4) is 0 Å². The summed E-state index contributed by atoms with van der Waals surface area (Å²) in [4.78, 5) is 22.1. The van der Waals surface area contributed by atoms with Crippen LogP contribution in [0.25, 0.3) is 0 Å². The molecule has 0 aliphatic carbocycles. The molecule has 0 aliphatic rings. The summed E-state index contributed by atoms with van der Waals surface area (Å²) in [6, 6.07) is 13.2. The fraction of sp³-hybridized carbons (Fsp3) is 0.300. The number of carbonyl (C=O) groups excluding carboxylic acids is 1. The molecule has 1 unspecified atom stereocenters. The Bertz CT molecular complexity index is 874. The number of carboxylic acid groups (broad SMARTS) is 1. The maximum atomic E-state index is 12.3. The molecule has 2 aromatic carbocycles. The maximum Gasteiger partial charge on any atom is 0.311 e. The molecule has 0 aliphatic heterocycles. The number of halogens is 1. The Morgan fingerprint density at radius 3 is 2.22 bits per heavy atom. The number of hydrogen-bond acceptors (Lipinski definition) is 4. The summed E-state index contributed by atoms with van der Waals surface area (Å²) in [5, 5.41) is 9.66. The van der Waals surface area contributed by atoms with E-state index in [9.17, 15) is 18.0 Å². The van der Waals surface area contributed by atoms with Crippen molar-refractivity contribution in [2.75, 3.05) is 5.75 Å². The molecule has 0 radical (unpaired) electrons. The van der Waals surface area contributed by atoms with E-state index in [0.29, 0.717) is 36.1 Å². The first-order valence-electron chi connectivity index (χ1n) is 8.57. The lowest BCUT2D eigenvalue weighted by atomic mass is 9.95. The average Bonchev–Trinajstić information content (AvgIpc) is 2.64. The van der Waals surface area contributed by atoms with Crippen LogP contribution in [0.15, 0.2) is 53.4 Å². The second-order valence-electron chi connectivity index (χ2n) is 6.26. The molecule has 0 fully saturated rings. The van der Waals surface area contributed by atoms with Gasteiger partial charge in [0, 0.05) is 11.4 Å². The van der Waals surface area contributed by atoms with Gasteiger partial charge in [-0.05, 0) is 54.7 Å². The molecule has 0 aromatic heterocycles. The number of hydrogen-bond donors (Lipinski definition) is 1. The number of sulfone groups is 1. The van der Waals surface area contributed by atoms with Gasteiger partial charge in [0.1, 0.15) is 6.29 Å². The standard InChI is InChI=1S/C20H21ClO5S/c21-17-8-10-18(11-9-17)27(25,26)14-2-1-3-15-4-6-16(7-5-15)19(12-13-22)20(23)24/h4-11,13,19H,1-3,12,14H2,(H,23,24). The number of carbonyl (C=O) groups is 2. The highest BCUT2D eigenvalue weighted by Gasteiger charge is 2.19. The van der Waals surface area contributed by atoms with Crippen molar-refractivity contribution in [3.05, 3.63) is 64.7 Å². The van der Waals surface area contributed by atoms with Crippen LogP contribution in [-0.2, 0) is 25.8 Å². The SMILES string of the molecule is O=CCC(C(=O)O)c1ccc(CCCCS(=O)(=O)c2ccc(Cl)cc2)cc1. The van der Waals surface area contributed by atoms with Crippen LogP contribution in [0.5, 0.6) is 0 Å². The Kier molecular flexibility index (Phi) is 7.56. The molecule has 27 heavy (non-hydrogen) atoms. The van der Waals surface area contributed by atoms with E-state index in [1.807, 2.05) is 12.1 Å². The smallest absolute Gasteiger partial charge is 0.311 e. The zero-order chi connectivity index (χ0) is 19.9. The Hall–Kier alpha value is -2.18. The number of unbranched alkanes of at least 4 members (excludes halogenated alkanes) is 1. The summed E-state index contributed by atoms with van der Waals surface area (Å²) in [6.07, 6.45) is 2.46. The lowest BCUT2D eigenvalue weighted by Gasteiger charge is -2.10. The molecule has 0 saturated heterocycles. The molecule has 0 bridgehead atoms. The van der Waals surface area contributed by atoms with Crippen molar-refractivity contribution in [3.63, 3.8) is 0 Å². The lowest BCUT2D eigenvalue weighted by molar-refractivity contribution is -0.139. The molecular formula is C20H21ClO5S. The van der Waals surface area contributed by atoms with Crippen molar-refractivity contribution in [1.29, 1.82) is 0 Å². The van der Waals surface area contributed by atoms with E-state index in [2.05, 4.69) is 0 Å². The summed E-state index contributed by atoms with van der Waals surface area (Å²) in [6.45, 7) is 0. The lowest BCUT2D eigenvalue weighted by Crippen LogP contribution is -2.12. The molecule has 0 amide bonds. The van der Waals surface area contributed by atoms with Gasteiger partial charge in [0.05, 0.1) is 16.6 Å². The molecule has 144 valence electrons. The summed E-state index contributed by atoms with van der Waals surface area (Å²) in [5.41, 5.74) is 1.58. The van der Waals surface area contributed by atoms with Gasteiger partial charge in [-0.2, -0.15) is 0 Å². The first-order chi connectivity index (χ1) is 12.8. The van der Waals surface area contributed by atoms with E-state index in [0.717, 1.165) is 5.56 Å². The van der Waals surface area contributed by atoms with Crippen LogP contribution in [0.4, 0.5) is 0 Å². The van der Waals surface area contributed by atoms with Gasteiger partial charge in [-0.1, -0.05) is 35.9 Å². The minimum Gasteiger partial charge on any atom is -0.481 e. The Labute approximate surface area is 163 Å². The van der Waals surface area contributed by atoms with Gasteiger partial charge in [0.2, 0.25) is 0 Å². The number of carboxylic acids is 1. The van der Waals surface area contributed by atoms with Gasteiger partial charge in [0.15, 0.2) is 9.84 Å². The zero-order valence-electron chi connectivity index (χ0n) is 14.7. The highest BCUT2D eigenvalue weighted by Crippen LogP contribution is 2.21. The van der Waals surface area contributed by atoms with E-state index in [1.165, 1.54) is 12.1 Å². The molecule has 0 saturated carbocycles. The molecule has 2 aromatic rings. The normalized spacial score (nSPS) is 12.5. The molecule has 0 heterocycles. The third-order valence-corrected chi connectivity index (χ3v) is 6.38. The van der Waals surface area contributed by atoms with Crippen LogP contribution in [0.2, 0.25) is 5.02 Å². The number of benzene rings is 2. The molecule has 7 heteroatoms. The first-order valence-corrected chi connectivity index (χ1v) is 10.6. The minimum atomic E-state index is -3.32. The van der Waals surface area contributed by atoms with Crippen molar-refractivity contribution < 1.29 is 23.1 Å². The van der Waals surface area contributed by atoms with Gasteiger partial charge in [-0.25, -0.2) is 8.42 Å². The Balaban J connectivity index is 1.87. The summed E-state index contributed by atoms with van der Waals surface area (Å²) < 4.78 is 24.5. The quantitative estimate of drug-likeness (QED) is 0.475. The van der Waals surface area contributed by atoms with Crippen molar-refractivity contribution in [2.45, 2.75) is 36.5 Å². The first kappa shape index (κ1) is 21.1. The third-order valence-electron chi connectivity index (χ3n) is 4.31. The molecule has 2 rings (SSSR count). The van der Waals surface area contributed by atoms with Gasteiger partial charge in [-0.3, -0.25) is 4.79 Å². The molecular weight excluding hydrogens is 388 g/mol. The fourth-order valence-electron chi connectivity index (χ4n) is 2.77. The molecule has 5 nitrogen and oxygen atoms in total. The Morgan fingerprint density at radius 2 is 1.67 bits per heavy atom. The highest BCUT2D eigenvalue weighted by atomic mass is 35.5. The molecule has 1 atom stereocenters. The summed E-state index contributed by atoms with van der Waals surface area (Å²) in [5.74, 6) is -1.80. The van der Waals surface area contributed by atoms with Gasteiger partial charge in [0.25, 0.3) is 0 Å². The molecule has 0 spiro atoms. The number of aldehydes is 1. The average molecular weight is 409 g/mol. The zero-order valence-corrected chi connectivity index (χ0v) is 16.2. The van der Waals surface area contributed by atoms with Crippen LogP contribution in [0, 0.1) is 0 Å². The van der Waals surface area contributed by atoms with E-state index in [-0.39, 0.29) is 17.1 Å². The number of aliphatic carboxylic acids is 1. The van der Waals surface area contributed by atoms with Gasteiger partial charge < -0.3 is 9.90 Å². The monoisotopic (exact) mass is 408 g/mol. The fourth-order valence-corrected chi connectivity index (χ4v) is 4.27. The largest absolute Gasteiger partial charge is 0.481 e. The van der Waals surface area contributed by atoms with E-state index >= 15 is 0 Å². The van der Waals surface area contributed by atoms with Crippen LogP contribution in [-0.4, -0.2) is 31.5 Å². The van der Waals surface area contributed by atoms with E-state index < -0.39 is 21.7 Å². The van der Waals surface area contributed by atoms with Crippen LogP contribution in [0.1, 0.15) is 36.3 Å². The maximum absolute atomic E-state index is 12.3. The predicted octanol–water partition coefficient (Wildman–Crippen LogP) is 3.89. The predicted molar refractivity (Wildman–Crippen MR) is 104 cm³/mol. The van der Waals surface area contributed by atoms with Gasteiger partial charge in [-0.15, -0.1) is 0 Å². The second-order valence-corrected chi connectivity index (χ2v) is 8.81.